The van der Waals surface area contributed by atoms with Crippen molar-refractivity contribution >= 4 is 0 Å². The van der Waals surface area contributed by atoms with Crippen molar-refractivity contribution in [2.24, 2.45) is 0 Å². The molecular weight excluding hydrogens is 332 g/mol. The molecular formula is C21H26O5. The summed E-state index contributed by atoms with van der Waals surface area (Å²) in [5.74, 6) is 0. The summed E-state index contributed by atoms with van der Waals surface area (Å²) in [5, 5.41) is 10.4. The molecule has 2 aromatic carbocycles. The largest absolute Gasteiger partial charge is 0.385 e. The average molecular weight is 358 g/mol. The number of rotatable bonds is 8. The lowest BCUT2D eigenvalue weighted by molar-refractivity contribution is -0.273. The van der Waals surface area contributed by atoms with Crippen LogP contribution in [0.3, 0.4) is 0 Å². The number of methoxy groups -OCH3 is 1. The molecule has 1 heterocycles. The van der Waals surface area contributed by atoms with Crippen LogP contribution < -0.4 is 0 Å². The lowest BCUT2D eigenvalue weighted by atomic mass is 10.0. The van der Waals surface area contributed by atoms with E-state index in [2.05, 4.69) is 0 Å². The number of ether oxygens (including phenoxy) is 4. The van der Waals surface area contributed by atoms with Crippen LogP contribution in [0.2, 0.25) is 0 Å². The quantitative estimate of drug-likeness (QED) is 0.786. The summed E-state index contributed by atoms with van der Waals surface area (Å²) >= 11 is 0. The maximum atomic E-state index is 10.4. The van der Waals surface area contributed by atoms with Gasteiger partial charge in [-0.3, -0.25) is 0 Å². The summed E-state index contributed by atoms with van der Waals surface area (Å²) in [7, 11) is 1.52. The molecule has 1 aliphatic heterocycles. The van der Waals surface area contributed by atoms with Crippen molar-refractivity contribution in [1.82, 2.24) is 0 Å². The van der Waals surface area contributed by atoms with Crippen LogP contribution in [-0.4, -0.2) is 43.4 Å². The van der Waals surface area contributed by atoms with Crippen LogP contribution in [-0.2, 0) is 32.2 Å². The standard InChI is InChI=1S/C21H26O5/c1-23-21-20(22)19(25-14-17-10-6-3-7-11-17)12-18(26-21)15-24-13-16-8-4-2-5-9-16/h2-11,18-22H,12-15H2,1H3/t18-,19-,20-,21+/m0/s1. The van der Waals surface area contributed by atoms with Gasteiger partial charge in [0.1, 0.15) is 6.10 Å². The molecule has 0 bridgehead atoms. The molecule has 2 aromatic rings. The molecule has 140 valence electrons. The Balaban J connectivity index is 1.51. The van der Waals surface area contributed by atoms with E-state index in [1.807, 2.05) is 60.7 Å². The molecule has 0 amide bonds. The summed E-state index contributed by atoms with van der Waals surface area (Å²) in [4.78, 5) is 0. The van der Waals surface area contributed by atoms with E-state index in [-0.39, 0.29) is 12.2 Å². The Labute approximate surface area is 154 Å². The van der Waals surface area contributed by atoms with E-state index >= 15 is 0 Å². The Bertz CT molecular complexity index is 633. The smallest absolute Gasteiger partial charge is 0.186 e. The molecule has 0 spiro atoms. The van der Waals surface area contributed by atoms with Gasteiger partial charge in [-0.15, -0.1) is 0 Å². The number of aliphatic hydroxyl groups excluding tert-OH is 1. The van der Waals surface area contributed by atoms with Gasteiger partial charge < -0.3 is 24.1 Å². The van der Waals surface area contributed by atoms with Crippen molar-refractivity contribution in [3.8, 4) is 0 Å². The van der Waals surface area contributed by atoms with Gasteiger partial charge in [0.2, 0.25) is 0 Å². The van der Waals surface area contributed by atoms with Crippen LogP contribution in [0, 0.1) is 0 Å². The minimum absolute atomic E-state index is 0.187. The molecule has 4 atom stereocenters. The van der Waals surface area contributed by atoms with Crippen molar-refractivity contribution in [1.29, 1.82) is 0 Å². The zero-order valence-corrected chi connectivity index (χ0v) is 15.0. The molecule has 3 rings (SSSR count). The second kappa shape index (κ2) is 9.80. The van der Waals surface area contributed by atoms with Gasteiger partial charge >= 0.3 is 0 Å². The van der Waals surface area contributed by atoms with E-state index in [0.717, 1.165) is 11.1 Å². The first-order valence-electron chi connectivity index (χ1n) is 8.90. The van der Waals surface area contributed by atoms with E-state index in [1.165, 1.54) is 7.11 Å². The molecule has 0 radical (unpaired) electrons. The lowest BCUT2D eigenvalue weighted by Gasteiger charge is -2.38. The summed E-state index contributed by atoms with van der Waals surface area (Å²) in [6, 6.07) is 19.9. The minimum Gasteiger partial charge on any atom is -0.385 e. The molecule has 1 aliphatic rings. The van der Waals surface area contributed by atoms with Gasteiger partial charge in [-0.1, -0.05) is 60.7 Å². The molecule has 1 saturated heterocycles. The number of hydrogen-bond acceptors (Lipinski definition) is 5. The fraction of sp³-hybridized carbons (Fsp3) is 0.429. The maximum absolute atomic E-state index is 10.4. The van der Waals surface area contributed by atoms with E-state index in [1.54, 1.807) is 0 Å². The third kappa shape index (κ3) is 5.37. The first-order valence-corrected chi connectivity index (χ1v) is 8.90. The number of aliphatic hydroxyl groups is 1. The van der Waals surface area contributed by atoms with Crippen molar-refractivity contribution < 1.29 is 24.1 Å². The van der Waals surface area contributed by atoms with Crippen LogP contribution in [0.25, 0.3) is 0 Å². The fourth-order valence-electron chi connectivity index (χ4n) is 3.03. The molecule has 1 N–H and O–H groups in total. The van der Waals surface area contributed by atoms with Gasteiger partial charge in [0.05, 0.1) is 32.0 Å². The van der Waals surface area contributed by atoms with Gasteiger partial charge in [0, 0.05) is 13.5 Å². The second-order valence-corrected chi connectivity index (χ2v) is 6.42. The van der Waals surface area contributed by atoms with E-state index in [9.17, 15) is 5.11 Å². The van der Waals surface area contributed by atoms with E-state index in [4.69, 9.17) is 18.9 Å². The monoisotopic (exact) mass is 358 g/mol. The van der Waals surface area contributed by atoms with Crippen LogP contribution in [0.4, 0.5) is 0 Å². The minimum atomic E-state index is -0.825. The highest BCUT2D eigenvalue weighted by Crippen LogP contribution is 2.25. The van der Waals surface area contributed by atoms with Crippen molar-refractivity contribution in [2.75, 3.05) is 13.7 Å². The van der Waals surface area contributed by atoms with Gasteiger partial charge in [0.25, 0.3) is 0 Å². The molecule has 0 aromatic heterocycles. The third-order valence-corrected chi connectivity index (χ3v) is 4.44. The lowest BCUT2D eigenvalue weighted by Crippen LogP contribution is -2.51. The Morgan fingerprint density at radius 3 is 2.19 bits per heavy atom. The summed E-state index contributed by atoms with van der Waals surface area (Å²) < 4.78 is 22.8. The van der Waals surface area contributed by atoms with Gasteiger partial charge in [0.15, 0.2) is 6.29 Å². The highest BCUT2D eigenvalue weighted by Gasteiger charge is 2.38. The second-order valence-electron chi connectivity index (χ2n) is 6.42. The van der Waals surface area contributed by atoms with Crippen LogP contribution in [0.1, 0.15) is 17.5 Å². The SMILES string of the molecule is CO[C@@H]1O[C@H](COCc2ccccc2)C[C@H](OCc2ccccc2)[C@@H]1O. The highest BCUT2D eigenvalue weighted by molar-refractivity contribution is 5.14. The Hall–Kier alpha value is -1.76. The first kappa shape index (κ1) is 19.0. The van der Waals surface area contributed by atoms with E-state index < -0.39 is 12.4 Å². The predicted octanol–water partition coefficient (Wildman–Crippen LogP) is 2.91. The number of hydrogen-bond donors (Lipinski definition) is 1. The van der Waals surface area contributed by atoms with Gasteiger partial charge in [-0.2, -0.15) is 0 Å². The van der Waals surface area contributed by atoms with Crippen molar-refractivity contribution in [2.45, 2.75) is 44.2 Å². The topological polar surface area (TPSA) is 57.2 Å². The summed E-state index contributed by atoms with van der Waals surface area (Å²) in [5.41, 5.74) is 2.18. The zero-order chi connectivity index (χ0) is 18.2. The summed E-state index contributed by atoms with van der Waals surface area (Å²) in [6.07, 6.45) is -1.53. The highest BCUT2D eigenvalue weighted by atomic mass is 16.7. The normalized spacial score (nSPS) is 25.9. The van der Waals surface area contributed by atoms with Crippen LogP contribution >= 0.6 is 0 Å². The van der Waals surface area contributed by atoms with Crippen molar-refractivity contribution in [3.63, 3.8) is 0 Å². The van der Waals surface area contributed by atoms with Gasteiger partial charge in [-0.05, 0) is 11.1 Å². The molecule has 5 nitrogen and oxygen atoms in total. The molecule has 0 unspecified atom stereocenters. The maximum Gasteiger partial charge on any atom is 0.186 e. The molecule has 26 heavy (non-hydrogen) atoms. The average Bonchev–Trinajstić information content (AvgIpc) is 2.69. The third-order valence-electron chi connectivity index (χ3n) is 4.44. The fourth-order valence-corrected chi connectivity index (χ4v) is 3.03. The van der Waals surface area contributed by atoms with Gasteiger partial charge in [-0.25, -0.2) is 0 Å². The van der Waals surface area contributed by atoms with E-state index in [0.29, 0.717) is 26.2 Å². The first-order chi connectivity index (χ1) is 12.8. The molecule has 1 fully saturated rings. The summed E-state index contributed by atoms with van der Waals surface area (Å²) in [6.45, 7) is 1.39. The van der Waals surface area contributed by atoms with Crippen molar-refractivity contribution in [3.05, 3.63) is 71.8 Å². The molecule has 5 heteroatoms. The van der Waals surface area contributed by atoms with Crippen LogP contribution in [0.15, 0.2) is 60.7 Å². The molecule has 0 aliphatic carbocycles. The predicted molar refractivity (Wildman–Crippen MR) is 97.4 cm³/mol. The Kier molecular flexibility index (Phi) is 7.17. The zero-order valence-electron chi connectivity index (χ0n) is 15.0. The Morgan fingerprint density at radius 2 is 1.58 bits per heavy atom. The Morgan fingerprint density at radius 1 is 0.962 bits per heavy atom. The number of benzene rings is 2. The molecule has 0 saturated carbocycles. The van der Waals surface area contributed by atoms with Crippen LogP contribution in [0.5, 0.6) is 0 Å².